The van der Waals surface area contributed by atoms with Gasteiger partial charge in [-0.05, 0) is 56.8 Å². The highest BCUT2D eigenvalue weighted by molar-refractivity contribution is 7.92. The maximum Gasteiger partial charge on any atom is 0.232 e. The highest BCUT2D eigenvalue weighted by atomic mass is 32.2. The maximum absolute atomic E-state index is 12.2. The van der Waals surface area contributed by atoms with Gasteiger partial charge in [-0.1, -0.05) is 13.0 Å². The first-order valence-corrected chi connectivity index (χ1v) is 12.2. The number of anilines is 1. The van der Waals surface area contributed by atoms with Crippen LogP contribution >= 0.6 is 0 Å². The van der Waals surface area contributed by atoms with Crippen molar-refractivity contribution < 1.29 is 17.9 Å². The number of carbonyl (C=O) groups excluding carboxylic acids is 1. The van der Waals surface area contributed by atoms with E-state index in [0.29, 0.717) is 30.8 Å². The lowest BCUT2D eigenvalue weighted by molar-refractivity contribution is -0.121. The molecule has 8 heteroatoms. The Hall–Kier alpha value is -1.80. The summed E-state index contributed by atoms with van der Waals surface area (Å²) in [5.74, 6) is 1.33. The van der Waals surface area contributed by atoms with Crippen molar-refractivity contribution in [3.63, 3.8) is 0 Å². The zero-order valence-corrected chi connectivity index (χ0v) is 18.7. The number of benzene rings is 1. The first-order chi connectivity index (χ1) is 13.8. The van der Waals surface area contributed by atoms with Crippen molar-refractivity contribution in [1.29, 1.82) is 0 Å². The molecule has 0 saturated carbocycles. The van der Waals surface area contributed by atoms with Gasteiger partial charge in [-0.3, -0.25) is 9.10 Å². The summed E-state index contributed by atoms with van der Waals surface area (Å²) in [5.41, 5.74) is 0.544. The van der Waals surface area contributed by atoms with Gasteiger partial charge in [0.15, 0.2) is 0 Å². The van der Waals surface area contributed by atoms with E-state index < -0.39 is 10.0 Å². The minimum absolute atomic E-state index is 0.0314. The lowest BCUT2D eigenvalue weighted by Gasteiger charge is -2.30. The number of piperidine rings is 1. The molecule has 0 aliphatic carbocycles. The Morgan fingerprint density at radius 2 is 2.14 bits per heavy atom. The van der Waals surface area contributed by atoms with Gasteiger partial charge in [-0.15, -0.1) is 0 Å². The third kappa shape index (κ3) is 8.22. The van der Waals surface area contributed by atoms with E-state index in [-0.39, 0.29) is 12.5 Å². The van der Waals surface area contributed by atoms with Crippen LogP contribution in [0.2, 0.25) is 0 Å². The number of nitrogens with one attached hydrogen (secondary N) is 1. The molecule has 1 aromatic rings. The van der Waals surface area contributed by atoms with Crippen LogP contribution in [0.3, 0.4) is 0 Å². The van der Waals surface area contributed by atoms with Crippen LogP contribution in [-0.4, -0.2) is 65.3 Å². The second-order valence-electron chi connectivity index (χ2n) is 7.89. The molecule has 29 heavy (non-hydrogen) atoms. The average molecular weight is 426 g/mol. The van der Waals surface area contributed by atoms with E-state index in [1.165, 1.54) is 23.4 Å². The van der Waals surface area contributed by atoms with Crippen LogP contribution in [0.25, 0.3) is 0 Å². The van der Waals surface area contributed by atoms with Crippen molar-refractivity contribution in [2.45, 2.75) is 39.0 Å². The van der Waals surface area contributed by atoms with Crippen LogP contribution < -0.4 is 14.4 Å². The first kappa shape index (κ1) is 23.5. The third-order valence-electron chi connectivity index (χ3n) is 5.22. The van der Waals surface area contributed by atoms with E-state index in [1.54, 1.807) is 31.4 Å². The molecule has 0 bridgehead atoms. The summed E-state index contributed by atoms with van der Waals surface area (Å²) in [6, 6.07) is 6.93. The molecule has 1 heterocycles. The number of hydrogen-bond donors (Lipinski definition) is 1. The first-order valence-electron chi connectivity index (χ1n) is 10.4. The molecule has 0 spiro atoms. The maximum atomic E-state index is 12.2. The van der Waals surface area contributed by atoms with E-state index in [2.05, 4.69) is 17.1 Å². The Labute approximate surface area is 175 Å². The lowest BCUT2D eigenvalue weighted by atomic mass is 10.0. The van der Waals surface area contributed by atoms with Crippen molar-refractivity contribution in [2.24, 2.45) is 5.92 Å². The minimum Gasteiger partial charge on any atom is -0.497 e. The van der Waals surface area contributed by atoms with Crippen LogP contribution in [0.1, 0.15) is 39.0 Å². The summed E-state index contributed by atoms with van der Waals surface area (Å²) in [4.78, 5) is 14.6. The summed E-state index contributed by atoms with van der Waals surface area (Å²) in [6.07, 6.45) is 5.45. The van der Waals surface area contributed by atoms with E-state index in [0.717, 1.165) is 32.0 Å². The molecule has 1 saturated heterocycles. The number of likely N-dealkylation sites (tertiary alicyclic amines) is 1. The Morgan fingerprint density at radius 3 is 2.83 bits per heavy atom. The Bertz CT molecular complexity index is 754. The highest BCUT2D eigenvalue weighted by Gasteiger charge is 2.18. The van der Waals surface area contributed by atoms with E-state index >= 15 is 0 Å². The molecule has 164 valence electrons. The second-order valence-corrected chi connectivity index (χ2v) is 9.80. The normalized spacial score (nSPS) is 17.7. The third-order valence-corrected chi connectivity index (χ3v) is 6.42. The second kappa shape index (κ2) is 11.4. The van der Waals surface area contributed by atoms with Crippen molar-refractivity contribution >= 4 is 21.6 Å². The minimum atomic E-state index is -3.44. The predicted molar refractivity (Wildman–Crippen MR) is 117 cm³/mol. The Kier molecular flexibility index (Phi) is 9.23. The summed E-state index contributed by atoms with van der Waals surface area (Å²) in [5, 5.41) is 2.95. The number of ether oxygens (including phenoxy) is 1. The fourth-order valence-electron chi connectivity index (χ4n) is 3.74. The standard InChI is InChI=1S/C21H35N3O4S/c1-18-8-5-13-23(17-18)14-7-12-22-21(25)11-6-15-24(29(3,26)27)19-9-4-10-20(16-19)28-2/h4,9-10,16,18H,5-8,11-15,17H2,1-3H3,(H,22,25). The summed E-state index contributed by atoms with van der Waals surface area (Å²) in [7, 11) is -1.90. The molecule has 0 radical (unpaired) electrons. The molecule has 1 N–H and O–H groups in total. The smallest absolute Gasteiger partial charge is 0.232 e. The van der Waals surface area contributed by atoms with Crippen molar-refractivity contribution in [3.05, 3.63) is 24.3 Å². The van der Waals surface area contributed by atoms with Crippen LogP contribution in [0.4, 0.5) is 5.69 Å². The fraction of sp³-hybridized carbons (Fsp3) is 0.667. The number of rotatable bonds is 11. The molecule has 1 atom stereocenters. The molecule has 2 rings (SSSR count). The zero-order valence-electron chi connectivity index (χ0n) is 17.9. The Morgan fingerprint density at radius 1 is 1.34 bits per heavy atom. The van der Waals surface area contributed by atoms with Gasteiger partial charge < -0.3 is 15.0 Å². The summed E-state index contributed by atoms with van der Waals surface area (Å²) in [6.45, 7) is 6.53. The SMILES string of the molecule is COc1cccc(N(CCCC(=O)NCCCN2CCCC(C)C2)S(C)(=O)=O)c1. The highest BCUT2D eigenvalue weighted by Crippen LogP contribution is 2.23. The zero-order chi connectivity index (χ0) is 21.3. The molecule has 7 nitrogen and oxygen atoms in total. The van der Waals surface area contributed by atoms with Gasteiger partial charge in [0, 0.05) is 32.1 Å². The number of hydrogen-bond acceptors (Lipinski definition) is 5. The number of amides is 1. The average Bonchev–Trinajstić information content (AvgIpc) is 2.68. The number of nitrogens with zero attached hydrogens (tertiary/aromatic N) is 2. The summed E-state index contributed by atoms with van der Waals surface area (Å²) < 4.78 is 30.8. The van der Waals surface area contributed by atoms with Gasteiger partial charge >= 0.3 is 0 Å². The van der Waals surface area contributed by atoms with Gasteiger partial charge in [0.1, 0.15) is 5.75 Å². The molecular weight excluding hydrogens is 390 g/mol. The van der Waals surface area contributed by atoms with Gasteiger partial charge in [0.2, 0.25) is 15.9 Å². The number of sulfonamides is 1. The Balaban J connectivity index is 1.72. The molecule has 1 aliphatic heterocycles. The molecule has 1 fully saturated rings. The molecular formula is C21H35N3O4S. The molecule has 0 aromatic heterocycles. The van der Waals surface area contributed by atoms with Crippen LogP contribution in [0, 0.1) is 5.92 Å². The van der Waals surface area contributed by atoms with E-state index in [9.17, 15) is 13.2 Å². The van der Waals surface area contributed by atoms with E-state index in [4.69, 9.17) is 4.74 Å². The van der Waals surface area contributed by atoms with Gasteiger partial charge in [0.25, 0.3) is 0 Å². The summed E-state index contributed by atoms with van der Waals surface area (Å²) >= 11 is 0. The largest absolute Gasteiger partial charge is 0.497 e. The quantitative estimate of drug-likeness (QED) is 0.551. The van der Waals surface area contributed by atoms with Crippen LogP contribution in [-0.2, 0) is 14.8 Å². The molecule has 1 aromatic carbocycles. The molecule has 1 amide bonds. The number of methoxy groups -OCH3 is 1. The topological polar surface area (TPSA) is 79.0 Å². The van der Waals surface area contributed by atoms with Crippen LogP contribution in [0.5, 0.6) is 5.75 Å². The van der Waals surface area contributed by atoms with E-state index in [1.807, 2.05) is 0 Å². The van der Waals surface area contributed by atoms with Gasteiger partial charge in [-0.25, -0.2) is 8.42 Å². The fourth-order valence-corrected chi connectivity index (χ4v) is 4.70. The van der Waals surface area contributed by atoms with Crippen LogP contribution in [0.15, 0.2) is 24.3 Å². The van der Waals surface area contributed by atoms with Crippen molar-refractivity contribution in [3.8, 4) is 5.75 Å². The van der Waals surface area contributed by atoms with Crippen molar-refractivity contribution in [2.75, 3.05) is 50.4 Å². The van der Waals surface area contributed by atoms with Crippen molar-refractivity contribution in [1.82, 2.24) is 10.2 Å². The molecule has 1 unspecified atom stereocenters. The van der Waals surface area contributed by atoms with Gasteiger partial charge in [0.05, 0.1) is 19.1 Å². The molecule has 1 aliphatic rings. The van der Waals surface area contributed by atoms with Gasteiger partial charge in [-0.2, -0.15) is 0 Å². The number of carbonyl (C=O) groups is 1. The monoisotopic (exact) mass is 425 g/mol. The predicted octanol–water partition coefficient (Wildman–Crippen LogP) is 2.48. The lowest BCUT2D eigenvalue weighted by Crippen LogP contribution is -2.36.